The molecule has 1 aliphatic rings. The fourth-order valence-electron chi connectivity index (χ4n) is 7.33. The fourth-order valence-corrected chi connectivity index (χ4v) is 7.33. The number of fused-ring (bicyclic) bond motifs is 8. The van der Waals surface area contributed by atoms with Crippen molar-refractivity contribution in [3.63, 3.8) is 0 Å². The normalized spacial score (nSPS) is 12.8. The van der Waals surface area contributed by atoms with Gasteiger partial charge < -0.3 is 19.9 Å². The molecule has 0 atom stereocenters. The van der Waals surface area contributed by atoms with Gasteiger partial charge in [-0.1, -0.05) is 47.2 Å². The predicted molar refractivity (Wildman–Crippen MR) is 189 cm³/mol. The minimum atomic E-state index is 0.764. The van der Waals surface area contributed by atoms with Crippen LogP contribution in [0.1, 0.15) is 67.3 Å². The van der Waals surface area contributed by atoms with Crippen molar-refractivity contribution >= 4 is 22.3 Å². The highest BCUT2D eigenvalue weighted by molar-refractivity contribution is 5.86. The summed E-state index contributed by atoms with van der Waals surface area (Å²) in [5.41, 5.74) is 16.9. The monoisotopic (exact) mass is 596 g/mol. The summed E-state index contributed by atoms with van der Waals surface area (Å²) in [7, 11) is 0. The highest BCUT2D eigenvalue weighted by Gasteiger charge is 2.19. The minimum Gasteiger partial charge on any atom is -0.354 e. The molecule has 4 heteroatoms. The van der Waals surface area contributed by atoms with Crippen LogP contribution in [-0.4, -0.2) is 19.9 Å². The third-order valence-corrected chi connectivity index (χ3v) is 9.04. The quantitative estimate of drug-likeness (QED) is 0.196. The zero-order chi connectivity index (χ0) is 32.3. The van der Waals surface area contributed by atoms with Gasteiger partial charge in [0.1, 0.15) is 0 Å². The van der Waals surface area contributed by atoms with E-state index in [4.69, 9.17) is 12.8 Å². The maximum Gasteiger partial charge on any atom is 0.0712 e. The van der Waals surface area contributed by atoms with E-state index in [9.17, 15) is 0 Å². The van der Waals surface area contributed by atoms with Gasteiger partial charge in [-0.2, -0.15) is 0 Å². The number of H-pyrrole nitrogens is 4. The van der Waals surface area contributed by atoms with Gasteiger partial charge in [0.15, 0.2) is 0 Å². The van der Waals surface area contributed by atoms with Crippen LogP contribution in [0.3, 0.4) is 0 Å². The maximum atomic E-state index is 6.23. The van der Waals surface area contributed by atoms with Crippen LogP contribution >= 0.6 is 0 Å². The Morgan fingerprint density at radius 2 is 0.739 bits per heavy atom. The molecule has 0 fully saturated rings. The van der Waals surface area contributed by atoms with Gasteiger partial charge in [-0.15, -0.1) is 12.8 Å². The highest BCUT2D eigenvalue weighted by Crippen LogP contribution is 2.30. The summed E-state index contributed by atoms with van der Waals surface area (Å²) in [6, 6.07) is 25.6. The van der Waals surface area contributed by atoms with Crippen LogP contribution in [-0.2, 0) is 0 Å². The lowest BCUT2D eigenvalue weighted by molar-refractivity contribution is 1.18. The minimum absolute atomic E-state index is 0.764. The number of hydrogen-bond donors (Lipinski definition) is 4. The SMILES string of the molecule is C#CC1=c2ccc([nH]2)=C(c2c(C)cc(C)cc2C)c2ccc([nH]2)C(C#C)=c2ccc([nH]2)=C(c2c(C)cc(C)cc2C)c2ccc1[nH]2. The first-order chi connectivity index (χ1) is 22.2. The molecule has 224 valence electrons. The van der Waals surface area contributed by atoms with E-state index in [0.29, 0.717) is 0 Å². The van der Waals surface area contributed by atoms with Gasteiger partial charge in [-0.05, 0) is 123 Å². The number of terminal acetylenes is 2. The fraction of sp³-hybridized carbons (Fsp3) is 0.143. The molecule has 4 N–H and O–H groups in total. The summed E-state index contributed by atoms with van der Waals surface area (Å²) >= 11 is 0. The molecular weight excluding hydrogens is 560 g/mol. The van der Waals surface area contributed by atoms with Crippen LogP contribution in [0, 0.1) is 66.2 Å². The Bertz CT molecular complexity index is 2330. The van der Waals surface area contributed by atoms with Gasteiger partial charge in [-0.3, -0.25) is 0 Å². The van der Waals surface area contributed by atoms with Crippen LogP contribution in [0.2, 0.25) is 0 Å². The zero-order valence-electron chi connectivity index (χ0n) is 27.1. The van der Waals surface area contributed by atoms with Gasteiger partial charge in [0.05, 0.1) is 33.2 Å². The van der Waals surface area contributed by atoms with E-state index >= 15 is 0 Å². The summed E-state index contributed by atoms with van der Waals surface area (Å²) < 4.78 is 0. The van der Waals surface area contributed by atoms with E-state index in [-0.39, 0.29) is 0 Å². The van der Waals surface area contributed by atoms with E-state index in [2.05, 4.69) is 146 Å². The van der Waals surface area contributed by atoms with Crippen molar-refractivity contribution in [2.24, 2.45) is 0 Å². The van der Waals surface area contributed by atoms with Crippen LogP contribution in [0.15, 0.2) is 72.8 Å². The molecule has 4 nitrogen and oxygen atoms in total. The van der Waals surface area contributed by atoms with Gasteiger partial charge >= 0.3 is 0 Å². The van der Waals surface area contributed by atoms with Crippen LogP contribution in [0.5, 0.6) is 0 Å². The van der Waals surface area contributed by atoms with Crippen molar-refractivity contribution < 1.29 is 0 Å². The van der Waals surface area contributed by atoms with E-state index in [1.54, 1.807) is 0 Å². The Morgan fingerprint density at radius 1 is 0.413 bits per heavy atom. The lowest BCUT2D eigenvalue weighted by atomic mass is 9.92. The van der Waals surface area contributed by atoms with Crippen LogP contribution < -0.4 is 21.4 Å². The summed E-state index contributed by atoms with van der Waals surface area (Å²) in [5.74, 6) is 5.95. The maximum absolute atomic E-state index is 6.23. The van der Waals surface area contributed by atoms with Crippen molar-refractivity contribution in [1.82, 2.24) is 19.9 Å². The lowest BCUT2D eigenvalue weighted by Gasteiger charge is -2.15. The molecule has 5 heterocycles. The smallest absolute Gasteiger partial charge is 0.0712 e. The highest BCUT2D eigenvalue weighted by atomic mass is 14.8. The molecule has 46 heavy (non-hydrogen) atoms. The van der Waals surface area contributed by atoms with E-state index in [0.717, 1.165) is 66.5 Å². The number of nitrogens with one attached hydrogen (secondary N) is 4. The Kier molecular flexibility index (Phi) is 6.88. The predicted octanol–water partition coefficient (Wildman–Crippen LogP) is 5.32. The number of hydrogen-bond acceptors (Lipinski definition) is 0. The Morgan fingerprint density at radius 3 is 1.09 bits per heavy atom. The Labute approximate surface area is 269 Å². The zero-order valence-corrected chi connectivity index (χ0v) is 27.1. The third-order valence-electron chi connectivity index (χ3n) is 9.04. The second-order valence-corrected chi connectivity index (χ2v) is 12.5. The Balaban J connectivity index is 1.64. The van der Waals surface area contributed by atoms with Crippen molar-refractivity contribution in [3.8, 4) is 24.7 Å². The van der Waals surface area contributed by atoms with Gasteiger partial charge in [-0.25, -0.2) is 0 Å². The molecular formula is C42H36N4. The summed E-state index contributed by atoms with van der Waals surface area (Å²) in [5, 5.41) is 3.67. The molecule has 0 unspecified atom stereocenters. The first kappa shape index (κ1) is 28.9. The second-order valence-electron chi connectivity index (χ2n) is 12.5. The molecule has 0 saturated heterocycles. The number of aromatic amines is 4. The number of aromatic nitrogens is 4. The van der Waals surface area contributed by atoms with Crippen molar-refractivity contribution in [2.45, 2.75) is 41.5 Å². The lowest BCUT2D eigenvalue weighted by Crippen LogP contribution is -2.19. The number of benzene rings is 2. The van der Waals surface area contributed by atoms with Crippen molar-refractivity contribution in [1.29, 1.82) is 0 Å². The second kappa shape index (κ2) is 11.0. The average Bonchev–Trinajstić information content (AvgIpc) is 3.82. The molecule has 0 saturated carbocycles. The summed E-state index contributed by atoms with van der Waals surface area (Å²) in [6.07, 6.45) is 12.5. The van der Waals surface area contributed by atoms with Gasteiger partial charge in [0, 0.05) is 33.2 Å². The largest absolute Gasteiger partial charge is 0.354 e. The Hall–Kier alpha value is -5.84. The topological polar surface area (TPSA) is 63.2 Å². The molecule has 1 aliphatic heterocycles. The third kappa shape index (κ3) is 4.68. The molecule has 6 aromatic rings. The van der Waals surface area contributed by atoms with Gasteiger partial charge in [0.2, 0.25) is 0 Å². The number of aryl methyl sites for hydroxylation is 6. The molecule has 0 radical (unpaired) electrons. The average molecular weight is 597 g/mol. The molecule has 4 aromatic heterocycles. The van der Waals surface area contributed by atoms with E-state index in [1.807, 2.05) is 0 Å². The summed E-state index contributed by atoms with van der Waals surface area (Å²) in [4.78, 5) is 14.8. The van der Waals surface area contributed by atoms with E-state index < -0.39 is 0 Å². The molecule has 7 rings (SSSR count). The first-order valence-corrected chi connectivity index (χ1v) is 15.5. The van der Waals surface area contributed by atoms with Crippen molar-refractivity contribution in [2.75, 3.05) is 0 Å². The van der Waals surface area contributed by atoms with Gasteiger partial charge in [0.25, 0.3) is 0 Å². The first-order valence-electron chi connectivity index (χ1n) is 15.5. The van der Waals surface area contributed by atoms with Crippen LogP contribution in [0.25, 0.3) is 22.3 Å². The summed E-state index contributed by atoms with van der Waals surface area (Å²) in [6.45, 7) is 12.9. The standard InChI is InChI=1S/C42H36N4/c1-9-29-31-11-15-35(43-31)41(39-25(5)19-23(3)20-26(39)6)37-17-13-33(45-37)30(10-2)34-14-18-38(46-34)42(36-16-12-32(29)44-36)40-27(7)21-24(4)22-28(40)8/h1-2,11-22,43-46H,3-8H3. The molecule has 8 bridgehead atoms. The molecule has 0 spiro atoms. The molecule has 2 aromatic carbocycles. The number of rotatable bonds is 2. The van der Waals surface area contributed by atoms with E-state index in [1.165, 1.54) is 44.5 Å². The van der Waals surface area contributed by atoms with Crippen molar-refractivity contribution in [3.05, 3.63) is 161 Å². The van der Waals surface area contributed by atoms with Crippen LogP contribution in [0.4, 0.5) is 0 Å². The molecule has 0 amide bonds. The molecule has 0 aliphatic carbocycles.